The maximum atomic E-state index is 13.1. The number of amides is 4. The number of benzene rings is 3. The Hall–Kier alpha value is -3.41. The number of nitrogens with zero attached hydrogens (tertiary/aromatic N) is 1. The molecule has 5 nitrogen and oxygen atoms in total. The maximum absolute atomic E-state index is 13.1. The zero-order valence-electron chi connectivity index (χ0n) is 16.1. The minimum absolute atomic E-state index is 0.161. The van der Waals surface area contributed by atoms with E-state index in [4.69, 9.17) is 23.2 Å². The first-order valence-electron chi connectivity index (χ1n) is 9.43. The van der Waals surface area contributed by atoms with Crippen LogP contribution in [0.2, 0.25) is 10.0 Å². The fourth-order valence-corrected chi connectivity index (χ4v) is 3.77. The number of barbiturate groups is 1. The zero-order valence-corrected chi connectivity index (χ0v) is 17.7. The van der Waals surface area contributed by atoms with Crippen LogP contribution in [0.1, 0.15) is 16.7 Å². The number of imide groups is 2. The number of para-hydroxylation sites is 1. The molecule has 7 heteroatoms. The van der Waals surface area contributed by atoms with Gasteiger partial charge < -0.3 is 0 Å². The summed E-state index contributed by atoms with van der Waals surface area (Å²) >= 11 is 12.5. The molecule has 1 fully saturated rings. The number of anilines is 1. The molecule has 4 amide bonds. The summed E-state index contributed by atoms with van der Waals surface area (Å²) in [6.07, 6.45) is 2.00. The zero-order chi connectivity index (χ0) is 22.0. The van der Waals surface area contributed by atoms with Crippen LogP contribution >= 0.6 is 23.2 Å². The monoisotopic (exact) mass is 450 g/mol. The van der Waals surface area contributed by atoms with Crippen molar-refractivity contribution in [3.63, 3.8) is 0 Å². The highest BCUT2D eigenvalue weighted by Crippen LogP contribution is 2.29. The van der Waals surface area contributed by atoms with Gasteiger partial charge in [-0.05, 0) is 47.4 Å². The second-order valence-electron chi connectivity index (χ2n) is 6.88. The second kappa shape index (κ2) is 8.76. The fraction of sp³-hybridized carbons (Fsp3) is 0.0417. The van der Waals surface area contributed by atoms with E-state index in [1.54, 1.807) is 30.3 Å². The van der Waals surface area contributed by atoms with Crippen LogP contribution in [0.3, 0.4) is 0 Å². The molecular weight excluding hydrogens is 435 g/mol. The molecule has 3 aromatic rings. The van der Waals surface area contributed by atoms with Crippen LogP contribution in [0.25, 0.3) is 6.08 Å². The summed E-state index contributed by atoms with van der Waals surface area (Å²) in [6, 6.07) is 20.5. The smallest absolute Gasteiger partial charge is 0.273 e. The molecular formula is C24H16Cl2N2O3. The lowest BCUT2D eigenvalue weighted by molar-refractivity contribution is -0.122. The molecule has 0 radical (unpaired) electrons. The number of halogens is 2. The molecule has 0 aromatic heterocycles. The van der Waals surface area contributed by atoms with E-state index in [0.29, 0.717) is 17.0 Å². The first-order valence-corrected chi connectivity index (χ1v) is 10.2. The van der Waals surface area contributed by atoms with E-state index in [0.717, 1.165) is 16.0 Å². The Bertz CT molecular complexity index is 1240. The van der Waals surface area contributed by atoms with Crippen molar-refractivity contribution in [1.29, 1.82) is 0 Å². The average Bonchev–Trinajstić information content (AvgIpc) is 2.75. The van der Waals surface area contributed by atoms with E-state index < -0.39 is 17.8 Å². The number of carbonyl (C=O) groups is 3. The van der Waals surface area contributed by atoms with Crippen molar-refractivity contribution in [1.82, 2.24) is 5.32 Å². The minimum atomic E-state index is -0.843. The molecule has 0 atom stereocenters. The van der Waals surface area contributed by atoms with E-state index in [1.165, 1.54) is 6.08 Å². The maximum Gasteiger partial charge on any atom is 0.335 e. The summed E-state index contributed by atoms with van der Waals surface area (Å²) in [7, 11) is 0. The third-order valence-electron chi connectivity index (χ3n) is 4.89. The quantitative estimate of drug-likeness (QED) is 0.435. The highest BCUT2D eigenvalue weighted by atomic mass is 35.5. The van der Waals surface area contributed by atoms with Gasteiger partial charge in [0.15, 0.2) is 0 Å². The topological polar surface area (TPSA) is 66.5 Å². The molecule has 1 aliphatic rings. The predicted octanol–water partition coefficient (Wildman–Crippen LogP) is 5.25. The van der Waals surface area contributed by atoms with Crippen molar-refractivity contribution in [2.75, 3.05) is 4.90 Å². The third-order valence-corrected chi connectivity index (χ3v) is 5.58. The second-order valence-corrected chi connectivity index (χ2v) is 7.69. The van der Waals surface area contributed by atoms with E-state index in [2.05, 4.69) is 5.32 Å². The highest BCUT2D eigenvalue weighted by molar-refractivity contribution is 6.42. The van der Waals surface area contributed by atoms with Crippen molar-refractivity contribution >= 4 is 52.8 Å². The van der Waals surface area contributed by atoms with Crippen LogP contribution in [0.4, 0.5) is 10.5 Å². The Kier molecular flexibility index (Phi) is 5.89. The van der Waals surface area contributed by atoms with Gasteiger partial charge in [0.1, 0.15) is 5.57 Å². The van der Waals surface area contributed by atoms with Gasteiger partial charge in [0, 0.05) is 5.02 Å². The van der Waals surface area contributed by atoms with Crippen molar-refractivity contribution in [3.8, 4) is 0 Å². The Morgan fingerprint density at radius 1 is 0.774 bits per heavy atom. The lowest BCUT2D eigenvalue weighted by atomic mass is 9.97. The van der Waals surface area contributed by atoms with Crippen molar-refractivity contribution in [2.24, 2.45) is 0 Å². The molecule has 154 valence electrons. The number of hydrogen-bond acceptors (Lipinski definition) is 3. The van der Waals surface area contributed by atoms with Gasteiger partial charge in [-0.3, -0.25) is 14.9 Å². The summed E-state index contributed by atoms with van der Waals surface area (Å²) in [5.74, 6) is -1.50. The number of nitrogens with one attached hydrogen (secondary N) is 1. The van der Waals surface area contributed by atoms with Crippen LogP contribution < -0.4 is 10.2 Å². The summed E-state index contributed by atoms with van der Waals surface area (Å²) < 4.78 is 0. The van der Waals surface area contributed by atoms with Crippen LogP contribution in [-0.4, -0.2) is 17.8 Å². The van der Waals surface area contributed by atoms with E-state index >= 15 is 0 Å². The van der Waals surface area contributed by atoms with Crippen LogP contribution in [0, 0.1) is 0 Å². The fourth-order valence-electron chi connectivity index (χ4n) is 3.35. The Labute approximate surface area is 188 Å². The number of rotatable bonds is 4. The SMILES string of the molecule is O=C1NC(=O)N(c2ccccc2Cl)C(=O)/C1=C/c1ccccc1Cc1ccccc1Cl. The van der Waals surface area contributed by atoms with Crippen LogP contribution in [0.5, 0.6) is 0 Å². The Balaban J connectivity index is 1.74. The summed E-state index contributed by atoms with van der Waals surface area (Å²) in [5, 5.41) is 3.07. The van der Waals surface area contributed by atoms with Gasteiger partial charge in [0.05, 0.1) is 10.7 Å². The first-order chi connectivity index (χ1) is 15.0. The normalized spacial score (nSPS) is 15.4. The van der Waals surface area contributed by atoms with E-state index in [-0.39, 0.29) is 16.3 Å². The number of hydrogen-bond donors (Lipinski definition) is 1. The van der Waals surface area contributed by atoms with Gasteiger partial charge in [-0.1, -0.05) is 77.8 Å². The van der Waals surface area contributed by atoms with Crippen LogP contribution in [-0.2, 0) is 16.0 Å². The molecule has 31 heavy (non-hydrogen) atoms. The van der Waals surface area contributed by atoms with Gasteiger partial charge in [0.25, 0.3) is 11.8 Å². The molecule has 3 aromatic carbocycles. The number of urea groups is 1. The predicted molar refractivity (Wildman–Crippen MR) is 121 cm³/mol. The molecule has 0 bridgehead atoms. The lowest BCUT2D eigenvalue weighted by Gasteiger charge is -2.27. The highest BCUT2D eigenvalue weighted by Gasteiger charge is 2.37. The van der Waals surface area contributed by atoms with Gasteiger partial charge in [-0.2, -0.15) is 0 Å². The largest absolute Gasteiger partial charge is 0.335 e. The molecule has 0 saturated carbocycles. The molecule has 1 heterocycles. The van der Waals surface area contributed by atoms with Gasteiger partial charge >= 0.3 is 6.03 Å². The molecule has 1 N–H and O–H groups in total. The van der Waals surface area contributed by atoms with Gasteiger partial charge in [-0.15, -0.1) is 0 Å². The van der Waals surface area contributed by atoms with E-state index in [1.807, 2.05) is 42.5 Å². The van der Waals surface area contributed by atoms with E-state index in [9.17, 15) is 14.4 Å². The molecule has 0 spiro atoms. The average molecular weight is 451 g/mol. The lowest BCUT2D eigenvalue weighted by Crippen LogP contribution is -2.54. The minimum Gasteiger partial charge on any atom is -0.273 e. The molecule has 0 unspecified atom stereocenters. The summed E-state index contributed by atoms with van der Waals surface area (Å²) in [4.78, 5) is 38.9. The number of carbonyl (C=O) groups excluding carboxylic acids is 3. The summed E-state index contributed by atoms with van der Waals surface area (Å²) in [6.45, 7) is 0. The molecule has 0 aliphatic carbocycles. The Morgan fingerprint density at radius 3 is 2.10 bits per heavy atom. The Morgan fingerprint density at radius 2 is 1.39 bits per heavy atom. The van der Waals surface area contributed by atoms with Crippen molar-refractivity contribution < 1.29 is 14.4 Å². The molecule has 4 rings (SSSR count). The van der Waals surface area contributed by atoms with Crippen molar-refractivity contribution in [2.45, 2.75) is 6.42 Å². The molecule has 1 aliphatic heterocycles. The van der Waals surface area contributed by atoms with Gasteiger partial charge in [-0.25, -0.2) is 9.69 Å². The first kappa shape index (κ1) is 20.8. The van der Waals surface area contributed by atoms with Crippen molar-refractivity contribution in [3.05, 3.63) is 105 Å². The standard InChI is InChI=1S/C24H16Cl2N2O3/c25-19-10-4-3-9-17(19)13-15-7-1-2-8-16(15)14-18-22(29)27-24(31)28(23(18)30)21-12-6-5-11-20(21)26/h1-12,14H,13H2,(H,27,29,31)/b18-14+. The molecule has 1 saturated heterocycles. The van der Waals surface area contributed by atoms with Crippen LogP contribution in [0.15, 0.2) is 78.4 Å². The van der Waals surface area contributed by atoms with Gasteiger partial charge in [0.2, 0.25) is 0 Å². The summed E-state index contributed by atoms with van der Waals surface area (Å²) in [5.41, 5.74) is 2.52. The third kappa shape index (κ3) is 4.24.